The molecule has 0 aromatic heterocycles. The standard InChI is InChI=1S/C50H34N2/c1-3-19-40(20-4-1)51(42-29-27-35-15-7-9-17-37(35)31-42)48-33-39-34-49(45-24-12-14-26-47(45)50(39)46-25-13-11-23-44(46)48)52(41-21-5-2-6-22-41)43-30-28-36-16-8-10-18-38(36)32-43/h1-34H. The maximum Gasteiger partial charge on any atom is 0.0546 e. The molecule has 0 heterocycles. The van der Waals surface area contributed by atoms with Crippen LogP contribution >= 0.6 is 0 Å². The first-order valence-corrected chi connectivity index (χ1v) is 17.9. The van der Waals surface area contributed by atoms with Crippen molar-refractivity contribution in [2.45, 2.75) is 0 Å². The summed E-state index contributed by atoms with van der Waals surface area (Å²) in [5.74, 6) is 0. The summed E-state index contributed by atoms with van der Waals surface area (Å²) in [6.07, 6.45) is 0. The molecule has 10 rings (SSSR count). The predicted octanol–water partition coefficient (Wildman–Crippen LogP) is 14.4. The summed E-state index contributed by atoms with van der Waals surface area (Å²) >= 11 is 0. The first-order valence-electron chi connectivity index (χ1n) is 17.9. The Morgan fingerprint density at radius 2 is 0.596 bits per heavy atom. The van der Waals surface area contributed by atoms with Crippen LogP contribution in [0.1, 0.15) is 0 Å². The highest BCUT2D eigenvalue weighted by Gasteiger charge is 2.22. The van der Waals surface area contributed by atoms with Gasteiger partial charge in [-0.05, 0) is 104 Å². The number of para-hydroxylation sites is 2. The maximum absolute atomic E-state index is 2.42. The first kappa shape index (κ1) is 30.0. The predicted molar refractivity (Wildman–Crippen MR) is 223 cm³/mol. The van der Waals surface area contributed by atoms with Gasteiger partial charge >= 0.3 is 0 Å². The molecule has 0 radical (unpaired) electrons. The molecule has 0 saturated heterocycles. The molecule has 2 heteroatoms. The lowest BCUT2D eigenvalue weighted by Gasteiger charge is -2.30. The molecule has 0 unspecified atom stereocenters. The Kier molecular flexibility index (Phi) is 7.18. The van der Waals surface area contributed by atoms with E-state index in [9.17, 15) is 0 Å². The molecule has 0 aliphatic rings. The van der Waals surface area contributed by atoms with Gasteiger partial charge in [0, 0.05) is 33.5 Å². The number of fused-ring (bicyclic) bond motifs is 7. The summed E-state index contributed by atoms with van der Waals surface area (Å²) in [5, 5.41) is 12.2. The molecule has 52 heavy (non-hydrogen) atoms. The minimum absolute atomic E-state index is 1.12. The van der Waals surface area contributed by atoms with Crippen molar-refractivity contribution < 1.29 is 0 Å². The molecule has 2 nitrogen and oxygen atoms in total. The van der Waals surface area contributed by atoms with Gasteiger partial charge in [-0.25, -0.2) is 0 Å². The van der Waals surface area contributed by atoms with Gasteiger partial charge in [0.05, 0.1) is 11.4 Å². The third-order valence-electron chi connectivity index (χ3n) is 10.3. The molecule has 0 saturated carbocycles. The molecule has 10 aromatic rings. The van der Waals surface area contributed by atoms with E-state index in [1.54, 1.807) is 0 Å². The van der Waals surface area contributed by atoms with E-state index in [0.29, 0.717) is 0 Å². The lowest BCUT2D eigenvalue weighted by molar-refractivity contribution is 1.30. The Morgan fingerprint density at radius 1 is 0.231 bits per heavy atom. The van der Waals surface area contributed by atoms with Gasteiger partial charge in [0.25, 0.3) is 0 Å². The van der Waals surface area contributed by atoms with Crippen LogP contribution in [0, 0.1) is 0 Å². The fourth-order valence-electron chi connectivity index (χ4n) is 7.95. The zero-order chi connectivity index (χ0) is 34.4. The van der Waals surface area contributed by atoms with Crippen LogP contribution in [0.4, 0.5) is 34.1 Å². The van der Waals surface area contributed by atoms with Gasteiger partial charge < -0.3 is 9.80 Å². The molecule has 0 aliphatic carbocycles. The summed E-state index contributed by atoms with van der Waals surface area (Å²) in [4.78, 5) is 4.84. The number of benzene rings is 10. The number of anilines is 6. The van der Waals surface area contributed by atoms with Gasteiger partial charge in [0.2, 0.25) is 0 Å². The summed E-state index contributed by atoms with van der Waals surface area (Å²) < 4.78 is 0. The van der Waals surface area contributed by atoms with Crippen LogP contribution in [-0.2, 0) is 0 Å². The van der Waals surface area contributed by atoms with E-state index < -0.39 is 0 Å². The highest BCUT2D eigenvalue weighted by atomic mass is 15.2. The van der Waals surface area contributed by atoms with Crippen molar-refractivity contribution in [3.8, 4) is 0 Å². The Bertz CT molecular complexity index is 2720. The Hall–Kier alpha value is -6.90. The molecule has 0 atom stereocenters. The monoisotopic (exact) mass is 662 g/mol. The zero-order valence-electron chi connectivity index (χ0n) is 28.5. The van der Waals surface area contributed by atoms with E-state index in [2.05, 4.69) is 216 Å². The van der Waals surface area contributed by atoms with E-state index in [1.165, 1.54) is 53.9 Å². The second kappa shape index (κ2) is 12.5. The van der Waals surface area contributed by atoms with Gasteiger partial charge in [-0.3, -0.25) is 0 Å². The van der Waals surface area contributed by atoms with Crippen LogP contribution < -0.4 is 9.80 Å². The van der Waals surface area contributed by atoms with Gasteiger partial charge in [-0.2, -0.15) is 0 Å². The van der Waals surface area contributed by atoms with Crippen LogP contribution in [0.2, 0.25) is 0 Å². The molecule has 0 spiro atoms. The van der Waals surface area contributed by atoms with E-state index in [1.807, 2.05) is 0 Å². The van der Waals surface area contributed by atoms with Crippen LogP contribution in [-0.4, -0.2) is 0 Å². The van der Waals surface area contributed by atoms with Crippen molar-refractivity contribution in [3.63, 3.8) is 0 Å². The Labute approximate surface area is 303 Å². The molecule has 10 aromatic carbocycles. The molecular formula is C50H34N2. The second-order valence-electron chi connectivity index (χ2n) is 13.4. The average Bonchev–Trinajstić information content (AvgIpc) is 3.21. The first-order chi connectivity index (χ1) is 25.8. The largest absolute Gasteiger partial charge is 0.310 e. The van der Waals surface area contributed by atoms with E-state index in [0.717, 1.165) is 34.1 Å². The van der Waals surface area contributed by atoms with Crippen molar-refractivity contribution in [2.24, 2.45) is 0 Å². The van der Waals surface area contributed by atoms with Gasteiger partial charge in [-0.15, -0.1) is 0 Å². The van der Waals surface area contributed by atoms with E-state index >= 15 is 0 Å². The smallest absolute Gasteiger partial charge is 0.0546 e. The minimum Gasteiger partial charge on any atom is -0.310 e. The zero-order valence-corrected chi connectivity index (χ0v) is 28.5. The van der Waals surface area contributed by atoms with Crippen LogP contribution in [0.15, 0.2) is 206 Å². The molecule has 0 amide bonds. The van der Waals surface area contributed by atoms with Crippen molar-refractivity contribution in [1.82, 2.24) is 0 Å². The lowest BCUT2D eigenvalue weighted by Crippen LogP contribution is -2.12. The van der Waals surface area contributed by atoms with E-state index in [-0.39, 0.29) is 0 Å². The maximum atomic E-state index is 2.42. The highest BCUT2D eigenvalue weighted by Crippen LogP contribution is 2.48. The molecular weight excluding hydrogens is 629 g/mol. The normalized spacial score (nSPS) is 11.5. The topological polar surface area (TPSA) is 6.48 Å². The number of nitrogens with zero attached hydrogens (tertiary/aromatic N) is 2. The van der Waals surface area contributed by atoms with Gasteiger partial charge in [-0.1, -0.05) is 146 Å². The average molecular weight is 663 g/mol. The van der Waals surface area contributed by atoms with Crippen molar-refractivity contribution in [1.29, 1.82) is 0 Å². The minimum atomic E-state index is 1.12. The molecule has 0 bridgehead atoms. The fraction of sp³-hybridized carbons (Fsp3) is 0. The van der Waals surface area contributed by atoms with E-state index in [4.69, 9.17) is 0 Å². The summed E-state index contributed by atoms with van der Waals surface area (Å²) in [7, 11) is 0. The molecule has 244 valence electrons. The van der Waals surface area contributed by atoms with Crippen LogP contribution in [0.5, 0.6) is 0 Å². The number of rotatable bonds is 6. The van der Waals surface area contributed by atoms with Crippen molar-refractivity contribution in [3.05, 3.63) is 206 Å². The van der Waals surface area contributed by atoms with Crippen molar-refractivity contribution >= 4 is 88.0 Å². The lowest BCUT2D eigenvalue weighted by atomic mass is 9.93. The van der Waals surface area contributed by atoms with Gasteiger partial charge in [0.15, 0.2) is 0 Å². The third-order valence-corrected chi connectivity index (χ3v) is 10.3. The highest BCUT2D eigenvalue weighted by molar-refractivity contribution is 6.26. The van der Waals surface area contributed by atoms with Gasteiger partial charge in [0.1, 0.15) is 0 Å². The fourth-order valence-corrected chi connectivity index (χ4v) is 7.95. The number of hydrogen-bond donors (Lipinski definition) is 0. The van der Waals surface area contributed by atoms with Crippen molar-refractivity contribution in [2.75, 3.05) is 9.80 Å². The van der Waals surface area contributed by atoms with Crippen LogP contribution in [0.3, 0.4) is 0 Å². The SMILES string of the molecule is c1ccc(N(c2ccc3ccccc3c2)c2cc3cc(N(c4ccccc4)c4ccc5ccccc5c4)c4ccccc4c3c3ccccc23)cc1. The molecule has 0 aliphatic heterocycles. The quantitative estimate of drug-likeness (QED) is 0.164. The van der Waals surface area contributed by atoms with Crippen LogP contribution in [0.25, 0.3) is 53.9 Å². The second-order valence-corrected chi connectivity index (χ2v) is 13.4. The summed E-state index contributed by atoms with van der Waals surface area (Å²) in [6, 6.07) is 74.9. The molecule has 0 N–H and O–H groups in total. The molecule has 0 fully saturated rings. The third kappa shape index (κ3) is 5.04. The summed E-state index contributed by atoms with van der Waals surface area (Å²) in [6.45, 7) is 0. The Balaban J connectivity index is 1.29. The number of hydrogen-bond acceptors (Lipinski definition) is 2. The summed E-state index contributed by atoms with van der Waals surface area (Å²) in [5.41, 5.74) is 6.76. The Morgan fingerprint density at radius 3 is 1.04 bits per heavy atom.